The molecule has 0 unspecified atom stereocenters. The van der Waals surface area contributed by atoms with E-state index in [2.05, 4.69) is 25.9 Å². The average molecular weight is 301 g/mol. The fourth-order valence-electron chi connectivity index (χ4n) is 4.03. The Balaban J connectivity index is 1.80. The first-order valence-electron chi connectivity index (χ1n) is 7.82. The lowest BCUT2D eigenvalue weighted by molar-refractivity contribution is 0.0504. The van der Waals surface area contributed by atoms with Crippen LogP contribution >= 0.6 is 0 Å². The molecule has 4 nitrogen and oxygen atoms in total. The monoisotopic (exact) mass is 301 g/mol. The second-order valence-electron chi connectivity index (χ2n) is 7.11. The summed E-state index contributed by atoms with van der Waals surface area (Å²) >= 11 is 0. The third-order valence-corrected chi connectivity index (χ3v) is 6.08. The molecule has 0 aliphatic heterocycles. The highest BCUT2D eigenvalue weighted by atomic mass is 16.7. The largest absolute Gasteiger partial charge is 0.496 e. The zero-order valence-electron chi connectivity index (χ0n) is 13.7. The minimum Gasteiger partial charge on any atom is -0.496 e. The van der Waals surface area contributed by atoms with E-state index in [0.29, 0.717) is 17.2 Å². The van der Waals surface area contributed by atoms with E-state index in [0.717, 1.165) is 18.6 Å². The lowest BCUT2D eigenvalue weighted by atomic mass is 9.70. The van der Waals surface area contributed by atoms with Gasteiger partial charge in [-0.25, -0.2) is 4.79 Å². The molecule has 2 bridgehead atoms. The molecule has 0 N–H and O–H groups in total. The lowest BCUT2D eigenvalue weighted by Crippen LogP contribution is -2.32. The van der Waals surface area contributed by atoms with Gasteiger partial charge in [-0.1, -0.05) is 38.1 Å². The van der Waals surface area contributed by atoms with Gasteiger partial charge in [-0.2, -0.15) is 0 Å². The van der Waals surface area contributed by atoms with E-state index >= 15 is 0 Å². The Morgan fingerprint density at radius 1 is 1.27 bits per heavy atom. The summed E-state index contributed by atoms with van der Waals surface area (Å²) in [7, 11) is 1.54. The van der Waals surface area contributed by atoms with Crippen molar-refractivity contribution in [2.24, 2.45) is 21.9 Å². The second kappa shape index (κ2) is 5.11. The molecule has 2 aliphatic carbocycles. The van der Waals surface area contributed by atoms with Crippen LogP contribution in [-0.4, -0.2) is 18.8 Å². The highest BCUT2D eigenvalue weighted by Crippen LogP contribution is 2.64. The number of fused-ring (bicyclic) bond motifs is 2. The fourth-order valence-corrected chi connectivity index (χ4v) is 4.03. The first kappa shape index (κ1) is 15.1. The van der Waals surface area contributed by atoms with Crippen LogP contribution in [0.4, 0.5) is 0 Å². The Kier molecular flexibility index (Phi) is 3.50. The van der Waals surface area contributed by atoms with Crippen LogP contribution < -0.4 is 4.74 Å². The molecule has 22 heavy (non-hydrogen) atoms. The average Bonchev–Trinajstić information content (AvgIpc) is 2.85. The van der Waals surface area contributed by atoms with Crippen molar-refractivity contribution in [3.05, 3.63) is 29.8 Å². The summed E-state index contributed by atoms with van der Waals surface area (Å²) < 4.78 is 5.19. The first-order valence-corrected chi connectivity index (χ1v) is 7.82. The van der Waals surface area contributed by atoms with Gasteiger partial charge in [-0.3, -0.25) is 0 Å². The van der Waals surface area contributed by atoms with Crippen molar-refractivity contribution in [3.63, 3.8) is 0 Å². The molecule has 118 valence electrons. The Bertz CT molecular complexity index is 635. The van der Waals surface area contributed by atoms with Crippen LogP contribution in [0.25, 0.3) is 0 Å². The number of benzene rings is 1. The molecule has 0 amide bonds. The summed E-state index contributed by atoms with van der Waals surface area (Å²) in [4.78, 5) is 17.5. The van der Waals surface area contributed by atoms with Gasteiger partial charge in [0.1, 0.15) is 11.3 Å². The number of para-hydroxylation sites is 1. The van der Waals surface area contributed by atoms with Crippen molar-refractivity contribution in [3.8, 4) is 5.75 Å². The zero-order valence-corrected chi connectivity index (χ0v) is 13.7. The summed E-state index contributed by atoms with van der Waals surface area (Å²) in [6.07, 6.45) is 3.29. The number of oxime groups is 1. The van der Waals surface area contributed by atoms with E-state index in [1.54, 1.807) is 18.2 Å². The molecule has 1 aromatic rings. The van der Waals surface area contributed by atoms with Gasteiger partial charge in [0.05, 0.1) is 12.8 Å². The molecule has 2 saturated carbocycles. The van der Waals surface area contributed by atoms with Crippen molar-refractivity contribution in [2.45, 2.75) is 40.0 Å². The summed E-state index contributed by atoms with van der Waals surface area (Å²) in [6.45, 7) is 6.85. The molecule has 1 aromatic carbocycles. The van der Waals surface area contributed by atoms with Crippen LogP contribution in [0.2, 0.25) is 0 Å². The maximum atomic E-state index is 12.2. The standard InChI is InChI=1S/C18H23NO3/c1-17(2)12-9-10-18(17,3)15(11-12)19-22-16(20)13-7-5-6-8-14(13)21-4/h5-8,12H,9-11H2,1-4H3/b19-15+/t12-,18-/m1/s1. The van der Waals surface area contributed by atoms with Gasteiger partial charge in [-0.15, -0.1) is 0 Å². The molecule has 0 heterocycles. The number of nitrogens with zero attached hydrogens (tertiary/aromatic N) is 1. The Hall–Kier alpha value is -1.84. The van der Waals surface area contributed by atoms with Gasteiger partial charge in [0.15, 0.2) is 0 Å². The van der Waals surface area contributed by atoms with Crippen LogP contribution in [0, 0.1) is 16.7 Å². The third-order valence-electron chi connectivity index (χ3n) is 6.08. The van der Waals surface area contributed by atoms with E-state index in [1.165, 1.54) is 13.5 Å². The minimum absolute atomic E-state index is 0.0404. The lowest BCUT2D eigenvalue weighted by Gasteiger charge is -2.34. The number of carbonyl (C=O) groups excluding carboxylic acids is 1. The predicted octanol–water partition coefficient (Wildman–Crippen LogP) is 4.05. The summed E-state index contributed by atoms with van der Waals surface area (Å²) in [5.74, 6) is 0.683. The Morgan fingerprint density at radius 2 is 2.00 bits per heavy atom. The van der Waals surface area contributed by atoms with Gasteiger partial charge in [0.25, 0.3) is 0 Å². The van der Waals surface area contributed by atoms with Gasteiger partial charge in [-0.05, 0) is 42.7 Å². The quantitative estimate of drug-likeness (QED) is 0.625. The van der Waals surface area contributed by atoms with Gasteiger partial charge >= 0.3 is 5.97 Å². The van der Waals surface area contributed by atoms with Gasteiger partial charge in [0, 0.05) is 5.41 Å². The number of rotatable bonds is 3. The molecule has 0 saturated heterocycles. The molecule has 4 heteroatoms. The number of hydrogen-bond donors (Lipinski definition) is 0. The maximum absolute atomic E-state index is 12.2. The van der Waals surface area contributed by atoms with Crippen LogP contribution in [0.1, 0.15) is 50.4 Å². The van der Waals surface area contributed by atoms with Crippen LogP contribution in [0.5, 0.6) is 5.75 Å². The van der Waals surface area contributed by atoms with Crippen molar-refractivity contribution in [1.82, 2.24) is 0 Å². The second-order valence-corrected chi connectivity index (χ2v) is 7.11. The van der Waals surface area contributed by atoms with Crippen LogP contribution in [0.3, 0.4) is 0 Å². The van der Waals surface area contributed by atoms with E-state index in [1.807, 2.05) is 6.07 Å². The topological polar surface area (TPSA) is 47.9 Å². The minimum atomic E-state index is -0.464. The van der Waals surface area contributed by atoms with E-state index < -0.39 is 5.97 Å². The fraction of sp³-hybridized carbons (Fsp3) is 0.556. The molecular weight excluding hydrogens is 278 g/mol. The molecular formula is C18H23NO3. The van der Waals surface area contributed by atoms with E-state index in [9.17, 15) is 4.79 Å². The normalized spacial score (nSPS) is 30.5. The summed E-state index contributed by atoms with van der Waals surface area (Å²) in [5, 5.41) is 4.24. The number of methoxy groups -OCH3 is 1. The van der Waals surface area contributed by atoms with E-state index in [-0.39, 0.29) is 10.8 Å². The molecule has 0 spiro atoms. The molecule has 2 atom stereocenters. The molecule has 0 aromatic heterocycles. The van der Waals surface area contributed by atoms with Crippen molar-refractivity contribution >= 4 is 11.7 Å². The van der Waals surface area contributed by atoms with Crippen molar-refractivity contribution in [2.75, 3.05) is 7.11 Å². The zero-order chi connectivity index (χ0) is 16.0. The number of ether oxygens (including phenoxy) is 1. The summed E-state index contributed by atoms with van der Waals surface area (Å²) in [6, 6.07) is 7.04. The third kappa shape index (κ3) is 2.04. The molecule has 0 radical (unpaired) electrons. The molecule has 2 fully saturated rings. The Morgan fingerprint density at radius 3 is 2.59 bits per heavy atom. The predicted molar refractivity (Wildman–Crippen MR) is 85.1 cm³/mol. The highest BCUT2D eigenvalue weighted by molar-refractivity contribution is 5.96. The van der Waals surface area contributed by atoms with Gasteiger partial charge < -0.3 is 9.57 Å². The molecule has 2 aliphatic rings. The maximum Gasteiger partial charge on any atom is 0.369 e. The number of hydrogen-bond acceptors (Lipinski definition) is 4. The number of carbonyl (C=O) groups is 1. The SMILES string of the molecule is COc1ccccc1C(=O)O/N=C1\C[C@H]2CC[C@@]1(C)C2(C)C. The van der Waals surface area contributed by atoms with Crippen molar-refractivity contribution < 1.29 is 14.4 Å². The van der Waals surface area contributed by atoms with Gasteiger partial charge in [0.2, 0.25) is 0 Å². The van der Waals surface area contributed by atoms with Crippen molar-refractivity contribution in [1.29, 1.82) is 0 Å². The first-order chi connectivity index (χ1) is 10.4. The van der Waals surface area contributed by atoms with Crippen LogP contribution in [-0.2, 0) is 4.84 Å². The smallest absolute Gasteiger partial charge is 0.369 e. The van der Waals surface area contributed by atoms with E-state index in [4.69, 9.17) is 9.57 Å². The molecule has 3 rings (SSSR count). The Labute approximate surface area is 131 Å². The van der Waals surface area contributed by atoms with Crippen LogP contribution in [0.15, 0.2) is 29.4 Å². The highest BCUT2D eigenvalue weighted by Gasteiger charge is 2.60. The summed E-state index contributed by atoms with van der Waals surface area (Å²) in [5.41, 5.74) is 1.69.